The standard InChI is InChI=1S/C16H21FN4OS.2ClH/c1-21(14-6-3-2-5-12(14)17)10-4-9-19-16(22)13-11-23-15(20-13)7-8-18;;/h2-3,5-6,11H,4,7-10,18H2,1H3,(H,19,22);2*1H. The average molecular weight is 409 g/mol. The number of para-hydroxylation sites is 1. The zero-order chi connectivity index (χ0) is 16.7. The van der Waals surface area contributed by atoms with Crippen LogP contribution in [0.25, 0.3) is 0 Å². The zero-order valence-electron chi connectivity index (χ0n) is 13.9. The number of anilines is 1. The maximum Gasteiger partial charge on any atom is 0.270 e. The molecule has 2 rings (SSSR count). The Balaban J connectivity index is 0.00000288. The van der Waals surface area contributed by atoms with Crippen LogP contribution in [-0.2, 0) is 6.42 Å². The molecule has 1 aromatic heterocycles. The summed E-state index contributed by atoms with van der Waals surface area (Å²) in [5.74, 6) is -0.424. The summed E-state index contributed by atoms with van der Waals surface area (Å²) in [6, 6.07) is 6.65. The van der Waals surface area contributed by atoms with Crippen LogP contribution in [0.1, 0.15) is 21.9 Å². The fourth-order valence-corrected chi connectivity index (χ4v) is 2.94. The van der Waals surface area contributed by atoms with Crippen LogP contribution < -0.4 is 16.0 Å². The zero-order valence-corrected chi connectivity index (χ0v) is 16.4. The number of nitrogens with two attached hydrogens (primary N) is 1. The van der Waals surface area contributed by atoms with Crippen LogP contribution in [-0.4, -0.2) is 37.6 Å². The third-order valence-electron chi connectivity index (χ3n) is 3.36. The van der Waals surface area contributed by atoms with E-state index in [9.17, 15) is 9.18 Å². The quantitative estimate of drug-likeness (QED) is 0.658. The fourth-order valence-electron chi connectivity index (χ4n) is 2.14. The molecular formula is C16H23Cl2FN4OS. The molecule has 1 heterocycles. The summed E-state index contributed by atoms with van der Waals surface area (Å²) in [7, 11) is 1.83. The van der Waals surface area contributed by atoms with Crippen molar-refractivity contribution in [3.63, 3.8) is 0 Å². The first-order valence-electron chi connectivity index (χ1n) is 7.50. The highest BCUT2D eigenvalue weighted by atomic mass is 35.5. The summed E-state index contributed by atoms with van der Waals surface area (Å²) in [4.78, 5) is 18.0. The Morgan fingerprint density at radius 3 is 2.76 bits per heavy atom. The van der Waals surface area contributed by atoms with Gasteiger partial charge in [0.2, 0.25) is 0 Å². The van der Waals surface area contributed by atoms with Gasteiger partial charge in [-0.2, -0.15) is 0 Å². The van der Waals surface area contributed by atoms with E-state index in [1.165, 1.54) is 17.4 Å². The second-order valence-corrected chi connectivity index (χ2v) is 6.09. The molecule has 5 nitrogen and oxygen atoms in total. The normalized spacial score (nSPS) is 9.72. The summed E-state index contributed by atoms with van der Waals surface area (Å²) in [5, 5.41) is 5.44. The minimum absolute atomic E-state index is 0. The summed E-state index contributed by atoms with van der Waals surface area (Å²) in [5.41, 5.74) is 6.46. The molecule has 0 fully saturated rings. The van der Waals surface area contributed by atoms with Crippen LogP contribution in [0.4, 0.5) is 10.1 Å². The molecular weight excluding hydrogens is 386 g/mol. The number of amides is 1. The van der Waals surface area contributed by atoms with Gasteiger partial charge in [-0.15, -0.1) is 36.2 Å². The first-order valence-corrected chi connectivity index (χ1v) is 8.38. The fraction of sp³-hybridized carbons (Fsp3) is 0.375. The number of carbonyl (C=O) groups is 1. The monoisotopic (exact) mass is 408 g/mol. The Kier molecular flexibility index (Phi) is 11.3. The summed E-state index contributed by atoms with van der Waals surface area (Å²) < 4.78 is 13.6. The van der Waals surface area contributed by atoms with E-state index in [4.69, 9.17) is 5.73 Å². The van der Waals surface area contributed by atoms with Gasteiger partial charge in [-0.1, -0.05) is 12.1 Å². The predicted octanol–water partition coefficient (Wildman–Crippen LogP) is 2.88. The maximum atomic E-state index is 13.6. The molecule has 9 heteroatoms. The number of halogens is 3. The van der Waals surface area contributed by atoms with E-state index in [-0.39, 0.29) is 36.5 Å². The Morgan fingerprint density at radius 2 is 2.08 bits per heavy atom. The van der Waals surface area contributed by atoms with Crippen molar-refractivity contribution in [2.24, 2.45) is 5.73 Å². The Bertz CT molecular complexity index is 657. The third kappa shape index (κ3) is 7.15. The second-order valence-electron chi connectivity index (χ2n) is 5.15. The highest BCUT2D eigenvalue weighted by molar-refractivity contribution is 7.09. The topological polar surface area (TPSA) is 71.2 Å². The van der Waals surface area contributed by atoms with Gasteiger partial charge in [-0.3, -0.25) is 4.79 Å². The first-order chi connectivity index (χ1) is 11.1. The molecule has 0 spiro atoms. The van der Waals surface area contributed by atoms with E-state index in [1.807, 2.05) is 11.9 Å². The van der Waals surface area contributed by atoms with Crippen LogP contribution in [0.2, 0.25) is 0 Å². The number of nitrogens with zero attached hydrogens (tertiary/aromatic N) is 2. The smallest absolute Gasteiger partial charge is 0.270 e. The molecule has 2 aromatic rings. The molecule has 0 unspecified atom stereocenters. The van der Waals surface area contributed by atoms with Crippen LogP contribution in [0.15, 0.2) is 29.6 Å². The van der Waals surface area contributed by atoms with Gasteiger partial charge < -0.3 is 16.0 Å². The number of rotatable bonds is 8. The Hall–Kier alpha value is -1.41. The highest BCUT2D eigenvalue weighted by Crippen LogP contribution is 2.16. The summed E-state index contributed by atoms with van der Waals surface area (Å²) >= 11 is 1.44. The average Bonchev–Trinajstić information content (AvgIpc) is 3.01. The molecule has 0 bridgehead atoms. The Morgan fingerprint density at radius 1 is 1.36 bits per heavy atom. The molecule has 3 N–H and O–H groups in total. The number of hydrogen-bond acceptors (Lipinski definition) is 5. The molecule has 1 aromatic carbocycles. The molecule has 0 aliphatic rings. The summed E-state index contributed by atoms with van der Waals surface area (Å²) in [6.07, 6.45) is 1.40. The predicted molar refractivity (Wildman–Crippen MR) is 106 cm³/mol. The molecule has 0 aliphatic carbocycles. The molecule has 0 radical (unpaired) electrons. The van der Waals surface area contributed by atoms with E-state index >= 15 is 0 Å². The molecule has 1 amide bonds. The van der Waals surface area contributed by atoms with Gasteiger partial charge in [-0.25, -0.2) is 9.37 Å². The minimum atomic E-state index is -0.242. The minimum Gasteiger partial charge on any atom is -0.372 e. The van der Waals surface area contributed by atoms with Gasteiger partial charge in [0.15, 0.2) is 0 Å². The lowest BCUT2D eigenvalue weighted by atomic mass is 10.2. The van der Waals surface area contributed by atoms with Gasteiger partial charge in [-0.05, 0) is 25.1 Å². The number of benzene rings is 1. The number of carbonyl (C=O) groups excluding carboxylic acids is 1. The van der Waals surface area contributed by atoms with E-state index in [2.05, 4.69) is 10.3 Å². The van der Waals surface area contributed by atoms with Crippen LogP contribution in [0.5, 0.6) is 0 Å². The molecule has 0 saturated carbocycles. The van der Waals surface area contributed by atoms with Crippen molar-refractivity contribution < 1.29 is 9.18 Å². The number of hydrogen-bond donors (Lipinski definition) is 2. The van der Waals surface area contributed by atoms with E-state index < -0.39 is 0 Å². The highest BCUT2D eigenvalue weighted by Gasteiger charge is 2.10. The number of thiazole rings is 1. The largest absolute Gasteiger partial charge is 0.372 e. The van der Waals surface area contributed by atoms with Crippen LogP contribution >= 0.6 is 36.2 Å². The number of nitrogens with one attached hydrogen (secondary N) is 1. The second kappa shape index (κ2) is 12.0. The lowest BCUT2D eigenvalue weighted by Gasteiger charge is -2.19. The van der Waals surface area contributed by atoms with Crippen molar-refractivity contribution in [3.05, 3.63) is 46.2 Å². The van der Waals surface area contributed by atoms with Crippen molar-refractivity contribution in [1.82, 2.24) is 10.3 Å². The molecule has 0 atom stereocenters. The Labute approximate surface area is 163 Å². The lowest BCUT2D eigenvalue weighted by molar-refractivity contribution is 0.0949. The maximum absolute atomic E-state index is 13.6. The number of aromatic nitrogens is 1. The summed E-state index contributed by atoms with van der Waals surface area (Å²) in [6.45, 7) is 1.69. The van der Waals surface area contributed by atoms with E-state index in [1.54, 1.807) is 23.6 Å². The SMILES string of the molecule is CN(CCCNC(=O)c1csc(CCN)n1)c1ccccc1F.Cl.Cl. The van der Waals surface area contributed by atoms with Gasteiger partial charge in [0, 0.05) is 31.9 Å². The first kappa shape index (κ1) is 23.6. The van der Waals surface area contributed by atoms with Gasteiger partial charge >= 0.3 is 0 Å². The molecule has 0 saturated heterocycles. The molecule has 140 valence electrons. The van der Waals surface area contributed by atoms with Crippen molar-refractivity contribution in [3.8, 4) is 0 Å². The van der Waals surface area contributed by atoms with Crippen LogP contribution in [0.3, 0.4) is 0 Å². The van der Waals surface area contributed by atoms with Gasteiger partial charge in [0.25, 0.3) is 5.91 Å². The van der Waals surface area contributed by atoms with Crippen molar-refractivity contribution in [1.29, 1.82) is 0 Å². The van der Waals surface area contributed by atoms with Crippen molar-refractivity contribution in [2.45, 2.75) is 12.8 Å². The molecule has 25 heavy (non-hydrogen) atoms. The van der Waals surface area contributed by atoms with E-state index in [0.29, 0.717) is 37.4 Å². The van der Waals surface area contributed by atoms with Gasteiger partial charge in [0.1, 0.15) is 11.5 Å². The van der Waals surface area contributed by atoms with E-state index in [0.717, 1.165) is 11.4 Å². The lowest BCUT2D eigenvalue weighted by Crippen LogP contribution is -2.28. The molecule has 0 aliphatic heterocycles. The van der Waals surface area contributed by atoms with Crippen molar-refractivity contribution >= 4 is 47.7 Å². The van der Waals surface area contributed by atoms with Gasteiger partial charge in [0.05, 0.1) is 10.7 Å². The van der Waals surface area contributed by atoms with Crippen LogP contribution in [0, 0.1) is 5.82 Å². The third-order valence-corrected chi connectivity index (χ3v) is 4.27. The van der Waals surface area contributed by atoms with Crippen molar-refractivity contribution in [2.75, 3.05) is 31.6 Å².